The highest BCUT2D eigenvalue weighted by Gasteiger charge is 2.31. The van der Waals surface area contributed by atoms with Crippen molar-refractivity contribution in [3.05, 3.63) is 46.9 Å². The van der Waals surface area contributed by atoms with Crippen LogP contribution in [0.2, 0.25) is 0 Å². The Labute approximate surface area is 146 Å². The average molecular weight is 340 g/mol. The fourth-order valence-corrected chi connectivity index (χ4v) is 3.88. The monoisotopic (exact) mass is 340 g/mol. The fraction of sp³-hybridized carbons (Fsp3) is 0.263. The maximum absolute atomic E-state index is 12.6. The van der Waals surface area contributed by atoms with Gasteiger partial charge in [0, 0.05) is 18.5 Å². The number of hydrogen-bond donors (Lipinski definition) is 0. The van der Waals surface area contributed by atoms with Crippen molar-refractivity contribution in [1.82, 2.24) is 4.90 Å². The Bertz CT molecular complexity index is 842. The lowest BCUT2D eigenvalue weighted by Crippen LogP contribution is -2.28. The highest BCUT2D eigenvalue weighted by atomic mass is 32.2. The lowest BCUT2D eigenvalue weighted by atomic mass is 10.0. The number of amides is 1. The molecule has 2 aromatic carbocycles. The number of likely N-dealkylation sites (N-methyl/N-ethyl adjacent to an activating group) is 1. The van der Waals surface area contributed by atoms with Crippen molar-refractivity contribution in [1.29, 1.82) is 0 Å². The van der Waals surface area contributed by atoms with E-state index in [4.69, 9.17) is 4.74 Å². The SMILES string of the molecule is CCN=C1S/C(=C\c2ccc(OC)c3ccccc23)C(=O)N1CC. The van der Waals surface area contributed by atoms with Gasteiger partial charge >= 0.3 is 0 Å². The van der Waals surface area contributed by atoms with E-state index in [9.17, 15) is 4.79 Å². The van der Waals surface area contributed by atoms with Crippen molar-refractivity contribution in [2.24, 2.45) is 4.99 Å². The van der Waals surface area contributed by atoms with E-state index in [0.29, 0.717) is 18.0 Å². The zero-order valence-corrected chi connectivity index (χ0v) is 14.9. The summed E-state index contributed by atoms with van der Waals surface area (Å²) in [4.78, 5) is 19.5. The number of ether oxygens (including phenoxy) is 1. The quantitative estimate of drug-likeness (QED) is 0.785. The molecule has 1 aliphatic heterocycles. The highest BCUT2D eigenvalue weighted by molar-refractivity contribution is 8.18. The maximum Gasteiger partial charge on any atom is 0.266 e. The standard InChI is InChI=1S/C19H20N2O2S/c1-4-20-19-21(5-2)18(22)17(24-19)12-13-10-11-16(23-3)15-9-7-6-8-14(13)15/h6-12H,4-5H2,1-3H3/b17-12-,20-19?. The van der Waals surface area contributed by atoms with Crippen LogP contribution in [0.3, 0.4) is 0 Å². The summed E-state index contributed by atoms with van der Waals surface area (Å²) in [5, 5.41) is 2.90. The van der Waals surface area contributed by atoms with Crippen LogP contribution in [0.25, 0.3) is 16.8 Å². The Morgan fingerprint density at radius 3 is 2.58 bits per heavy atom. The van der Waals surface area contributed by atoms with Gasteiger partial charge in [-0.2, -0.15) is 0 Å². The van der Waals surface area contributed by atoms with Crippen molar-refractivity contribution in [2.75, 3.05) is 20.2 Å². The van der Waals surface area contributed by atoms with Crippen molar-refractivity contribution < 1.29 is 9.53 Å². The fourth-order valence-electron chi connectivity index (χ4n) is 2.78. The lowest BCUT2D eigenvalue weighted by molar-refractivity contribution is -0.122. The number of thioether (sulfide) groups is 1. The molecule has 0 aromatic heterocycles. The molecule has 2 aromatic rings. The molecular weight excluding hydrogens is 320 g/mol. The third-order valence-electron chi connectivity index (χ3n) is 3.92. The molecule has 24 heavy (non-hydrogen) atoms. The molecule has 0 spiro atoms. The number of carbonyl (C=O) groups excluding carboxylic acids is 1. The lowest BCUT2D eigenvalue weighted by Gasteiger charge is -2.11. The van der Waals surface area contributed by atoms with Gasteiger partial charge in [0.15, 0.2) is 5.17 Å². The van der Waals surface area contributed by atoms with Crippen LogP contribution in [0.4, 0.5) is 0 Å². The molecule has 124 valence electrons. The zero-order valence-electron chi connectivity index (χ0n) is 14.1. The molecule has 0 N–H and O–H groups in total. The van der Waals surface area contributed by atoms with Crippen molar-refractivity contribution in [2.45, 2.75) is 13.8 Å². The molecule has 1 saturated heterocycles. The third kappa shape index (κ3) is 2.91. The molecule has 1 aliphatic rings. The minimum Gasteiger partial charge on any atom is -0.496 e. The number of methoxy groups -OCH3 is 1. The maximum atomic E-state index is 12.6. The van der Waals surface area contributed by atoms with Gasteiger partial charge < -0.3 is 4.74 Å². The number of carbonyl (C=O) groups is 1. The third-order valence-corrected chi connectivity index (χ3v) is 4.97. The molecule has 1 heterocycles. The number of rotatable bonds is 4. The summed E-state index contributed by atoms with van der Waals surface area (Å²) in [6.45, 7) is 5.25. The Hall–Kier alpha value is -2.27. The summed E-state index contributed by atoms with van der Waals surface area (Å²) in [5.74, 6) is 0.858. The predicted octanol–water partition coefficient (Wildman–Crippen LogP) is 4.16. The van der Waals surface area contributed by atoms with Gasteiger partial charge in [0.05, 0.1) is 12.0 Å². The van der Waals surface area contributed by atoms with Crippen LogP contribution in [0.5, 0.6) is 5.75 Å². The summed E-state index contributed by atoms with van der Waals surface area (Å²) in [5.41, 5.74) is 1.01. The van der Waals surface area contributed by atoms with Gasteiger partial charge in [-0.3, -0.25) is 14.7 Å². The second-order valence-corrected chi connectivity index (χ2v) is 6.33. The molecule has 5 heteroatoms. The van der Waals surface area contributed by atoms with Crippen molar-refractivity contribution >= 4 is 39.7 Å². The van der Waals surface area contributed by atoms with Crippen LogP contribution >= 0.6 is 11.8 Å². The second-order valence-electron chi connectivity index (χ2n) is 5.32. The molecule has 1 amide bonds. The first-order valence-corrected chi connectivity index (χ1v) is 8.82. The molecule has 0 bridgehead atoms. The Morgan fingerprint density at radius 1 is 1.17 bits per heavy atom. The van der Waals surface area contributed by atoms with Crippen LogP contribution in [0.15, 0.2) is 46.3 Å². The Balaban J connectivity index is 2.08. The number of aliphatic imine (C=N–C) groups is 1. The Morgan fingerprint density at radius 2 is 1.92 bits per heavy atom. The van der Waals surface area contributed by atoms with Gasteiger partial charge in [0.2, 0.25) is 0 Å². The van der Waals surface area contributed by atoms with Crippen LogP contribution in [0.1, 0.15) is 19.4 Å². The highest BCUT2D eigenvalue weighted by Crippen LogP contribution is 2.35. The molecule has 0 saturated carbocycles. The first-order valence-electron chi connectivity index (χ1n) is 8.01. The van der Waals surface area contributed by atoms with Crippen LogP contribution in [-0.2, 0) is 4.79 Å². The largest absolute Gasteiger partial charge is 0.496 e. The number of hydrogen-bond acceptors (Lipinski definition) is 4. The predicted molar refractivity (Wildman–Crippen MR) is 101 cm³/mol. The van der Waals surface area contributed by atoms with Crippen molar-refractivity contribution in [3.63, 3.8) is 0 Å². The molecule has 1 fully saturated rings. The van der Waals surface area contributed by atoms with E-state index in [2.05, 4.69) is 4.99 Å². The average Bonchev–Trinajstić information content (AvgIpc) is 2.90. The van der Waals surface area contributed by atoms with E-state index >= 15 is 0 Å². The van der Waals surface area contributed by atoms with E-state index < -0.39 is 0 Å². The summed E-state index contributed by atoms with van der Waals surface area (Å²) in [6, 6.07) is 12.0. The Kier molecular flexibility index (Phi) is 4.90. The number of fused-ring (bicyclic) bond motifs is 1. The molecular formula is C19H20N2O2S. The second kappa shape index (κ2) is 7.09. The normalized spacial score (nSPS) is 18.1. The van der Waals surface area contributed by atoms with Gasteiger partial charge in [0.1, 0.15) is 5.75 Å². The van der Waals surface area contributed by atoms with E-state index in [1.54, 1.807) is 12.0 Å². The van der Waals surface area contributed by atoms with Gasteiger partial charge in [0.25, 0.3) is 5.91 Å². The van der Waals surface area contributed by atoms with E-state index in [0.717, 1.165) is 27.3 Å². The smallest absolute Gasteiger partial charge is 0.266 e. The molecule has 0 radical (unpaired) electrons. The number of amidine groups is 1. The summed E-state index contributed by atoms with van der Waals surface area (Å²) in [6.07, 6.45) is 1.95. The minimum absolute atomic E-state index is 0.0228. The topological polar surface area (TPSA) is 41.9 Å². The van der Waals surface area contributed by atoms with Gasteiger partial charge in [-0.05, 0) is 48.7 Å². The van der Waals surface area contributed by atoms with Crippen LogP contribution in [-0.4, -0.2) is 36.2 Å². The van der Waals surface area contributed by atoms with E-state index in [-0.39, 0.29) is 5.91 Å². The summed E-state index contributed by atoms with van der Waals surface area (Å²) >= 11 is 1.45. The number of nitrogens with zero attached hydrogens (tertiary/aromatic N) is 2. The summed E-state index contributed by atoms with van der Waals surface area (Å²) < 4.78 is 5.44. The minimum atomic E-state index is 0.0228. The summed E-state index contributed by atoms with van der Waals surface area (Å²) in [7, 11) is 1.67. The molecule has 0 atom stereocenters. The van der Waals surface area contributed by atoms with E-state index in [1.807, 2.05) is 56.3 Å². The van der Waals surface area contributed by atoms with Gasteiger partial charge in [-0.25, -0.2) is 0 Å². The van der Waals surface area contributed by atoms with Gasteiger partial charge in [-0.1, -0.05) is 30.3 Å². The molecule has 4 nitrogen and oxygen atoms in total. The number of benzene rings is 2. The van der Waals surface area contributed by atoms with Crippen LogP contribution < -0.4 is 4.74 Å². The van der Waals surface area contributed by atoms with E-state index in [1.165, 1.54) is 11.8 Å². The molecule has 3 rings (SSSR count). The first kappa shape index (κ1) is 16.6. The van der Waals surface area contributed by atoms with Crippen molar-refractivity contribution in [3.8, 4) is 5.75 Å². The first-order chi connectivity index (χ1) is 11.7. The molecule has 0 aliphatic carbocycles. The zero-order chi connectivity index (χ0) is 17.1. The molecule has 0 unspecified atom stereocenters. The van der Waals surface area contributed by atoms with Crippen LogP contribution in [0, 0.1) is 0 Å². The van der Waals surface area contributed by atoms with Gasteiger partial charge in [-0.15, -0.1) is 0 Å².